The summed E-state index contributed by atoms with van der Waals surface area (Å²) >= 11 is 0. The van der Waals surface area contributed by atoms with Gasteiger partial charge in [0.05, 0.1) is 0 Å². The van der Waals surface area contributed by atoms with Crippen LogP contribution in [0.25, 0.3) is 0 Å². The number of rotatable bonds is 8. The number of hydrogen-bond donors (Lipinski definition) is 2. The Morgan fingerprint density at radius 3 is 2.57 bits per heavy atom. The Morgan fingerprint density at radius 2 is 1.80 bits per heavy atom. The van der Waals surface area contributed by atoms with Crippen molar-refractivity contribution in [1.29, 1.82) is 0 Å². The number of likely N-dealkylation sites (tertiary alicyclic amines) is 1. The van der Waals surface area contributed by atoms with E-state index < -0.39 is 0 Å². The maximum Gasteiger partial charge on any atom is 0.0349 e. The molecule has 3 heteroatoms. The summed E-state index contributed by atoms with van der Waals surface area (Å²) in [5.41, 5.74) is 11.6. The fraction of sp³-hybridized carbons (Fsp3) is 0.481. The zero-order valence-corrected chi connectivity index (χ0v) is 18.0. The van der Waals surface area contributed by atoms with Crippen molar-refractivity contribution < 1.29 is 0 Å². The Morgan fingerprint density at radius 1 is 1.00 bits per heavy atom. The summed E-state index contributed by atoms with van der Waals surface area (Å²) in [5.74, 6) is 2.19. The summed E-state index contributed by atoms with van der Waals surface area (Å²) in [6.45, 7) is 4.96. The molecule has 0 bridgehead atoms. The molecule has 2 aliphatic carbocycles. The van der Waals surface area contributed by atoms with Gasteiger partial charge in [-0.15, -0.1) is 0 Å². The molecule has 2 aromatic carbocycles. The molecule has 2 fully saturated rings. The van der Waals surface area contributed by atoms with E-state index in [0.717, 1.165) is 23.9 Å². The van der Waals surface area contributed by atoms with Crippen LogP contribution in [0.15, 0.2) is 66.2 Å². The molecular weight excluding hydrogens is 366 g/mol. The minimum absolute atomic E-state index is 0.608. The van der Waals surface area contributed by atoms with Crippen molar-refractivity contribution in [1.82, 2.24) is 10.2 Å². The molecule has 1 aliphatic heterocycles. The largest absolute Gasteiger partial charge is 0.398 e. The van der Waals surface area contributed by atoms with Gasteiger partial charge in [-0.25, -0.2) is 0 Å². The van der Waals surface area contributed by atoms with E-state index in [9.17, 15) is 0 Å². The lowest BCUT2D eigenvalue weighted by Crippen LogP contribution is -2.51. The molecule has 0 radical (unpaired) electrons. The summed E-state index contributed by atoms with van der Waals surface area (Å²) in [6, 6.07) is 20.1. The SMILES string of the molecule is Nc1ccccc1C1CC=C(CCN2CC(CNC3CC3c3ccccc3)C2)CC1. The minimum atomic E-state index is 0.608. The van der Waals surface area contributed by atoms with Gasteiger partial charge < -0.3 is 16.0 Å². The summed E-state index contributed by atoms with van der Waals surface area (Å²) in [6.07, 6.45) is 8.69. The van der Waals surface area contributed by atoms with Gasteiger partial charge >= 0.3 is 0 Å². The van der Waals surface area contributed by atoms with Crippen LogP contribution in [-0.2, 0) is 0 Å². The molecule has 1 heterocycles. The van der Waals surface area contributed by atoms with Crippen LogP contribution in [-0.4, -0.2) is 37.1 Å². The molecule has 3 nitrogen and oxygen atoms in total. The predicted molar refractivity (Wildman–Crippen MR) is 126 cm³/mol. The van der Waals surface area contributed by atoms with Crippen molar-refractivity contribution in [2.24, 2.45) is 5.92 Å². The van der Waals surface area contributed by atoms with Gasteiger partial charge in [-0.2, -0.15) is 0 Å². The monoisotopic (exact) mass is 401 g/mol. The number of allylic oxidation sites excluding steroid dienone is 1. The Bertz CT molecular complexity index is 869. The molecule has 1 saturated carbocycles. The highest BCUT2D eigenvalue weighted by Gasteiger charge is 2.38. The first-order chi connectivity index (χ1) is 14.8. The van der Waals surface area contributed by atoms with Crippen LogP contribution in [0.1, 0.15) is 55.1 Å². The van der Waals surface area contributed by atoms with Crippen molar-refractivity contribution in [3.8, 4) is 0 Å². The lowest BCUT2D eigenvalue weighted by molar-refractivity contribution is 0.100. The summed E-state index contributed by atoms with van der Waals surface area (Å²) in [5, 5.41) is 3.81. The maximum absolute atomic E-state index is 6.17. The lowest BCUT2D eigenvalue weighted by atomic mass is 9.83. The van der Waals surface area contributed by atoms with Gasteiger partial charge in [0.15, 0.2) is 0 Å². The van der Waals surface area contributed by atoms with Crippen molar-refractivity contribution in [2.45, 2.75) is 50.0 Å². The molecule has 2 aromatic rings. The lowest BCUT2D eigenvalue weighted by Gasteiger charge is -2.40. The molecule has 3 atom stereocenters. The normalized spacial score (nSPS) is 26.8. The predicted octanol–water partition coefficient (Wildman–Crippen LogP) is 4.93. The molecule has 30 heavy (non-hydrogen) atoms. The average Bonchev–Trinajstić information content (AvgIpc) is 3.53. The molecule has 158 valence electrons. The molecule has 0 amide bonds. The van der Waals surface area contributed by atoms with Crippen LogP contribution < -0.4 is 11.1 Å². The van der Waals surface area contributed by atoms with Crippen LogP contribution in [0.3, 0.4) is 0 Å². The van der Waals surface area contributed by atoms with Crippen LogP contribution in [0, 0.1) is 5.92 Å². The van der Waals surface area contributed by atoms with Gasteiger partial charge in [0.1, 0.15) is 0 Å². The third-order valence-electron chi connectivity index (χ3n) is 7.41. The van der Waals surface area contributed by atoms with E-state index in [4.69, 9.17) is 5.73 Å². The second kappa shape index (κ2) is 8.95. The molecule has 3 unspecified atom stereocenters. The van der Waals surface area contributed by atoms with E-state index in [1.807, 2.05) is 12.1 Å². The van der Waals surface area contributed by atoms with E-state index >= 15 is 0 Å². The fourth-order valence-corrected chi connectivity index (χ4v) is 5.38. The van der Waals surface area contributed by atoms with Crippen LogP contribution in [0.2, 0.25) is 0 Å². The van der Waals surface area contributed by atoms with Crippen LogP contribution in [0.4, 0.5) is 5.69 Å². The quantitative estimate of drug-likeness (QED) is 0.487. The van der Waals surface area contributed by atoms with Crippen LogP contribution >= 0.6 is 0 Å². The highest BCUT2D eigenvalue weighted by Crippen LogP contribution is 2.41. The molecule has 3 aliphatic rings. The summed E-state index contributed by atoms with van der Waals surface area (Å²) in [4.78, 5) is 2.63. The van der Waals surface area contributed by atoms with E-state index in [1.165, 1.54) is 63.0 Å². The highest BCUT2D eigenvalue weighted by molar-refractivity contribution is 5.49. The number of nitrogens with two attached hydrogens (primary N) is 1. The number of nitrogens with zero attached hydrogens (tertiary/aromatic N) is 1. The van der Waals surface area contributed by atoms with Crippen molar-refractivity contribution in [3.05, 3.63) is 77.4 Å². The molecular formula is C27H35N3. The first-order valence-corrected chi connectivity index (χ1v) is 11.8. The molecule has 0 spiro atoms. The maximum atomic E-state index is 6.17. The fourth-order valence-electron chi connectivity index (χ4n) is 5.38. The van der Waals surface area contributed by atoms with E-state index in [2.05, 4.69) is 58.8 Å². The molecule has 3 N–H and O–H groups in total. The number of anilines is 1. The third kappa shape index (κ3) is 4.63. The van der Waals surface area contributed by atoms with Gasteiger partial charge in [-0.05, 0) is 61.1 Å². The Kier molecular flexibility index (Phi) is 5.92. The summed E-state index contributed by atoms with van der Waals surface area (Å²) < 4.78 is 0. The number of benzene rings is 2. The Labute approximate surface area is 181 Å². The third-order valence-corrected chi connectivity index (χ3v) is 7.41. The second-order valence-electron chi connectivity index (χ2n) is 9.61. The number of nitrogen functional groups attached to an aromatic ring is 1. The second-order valence-corrected chi connectivity index (χ2v) is 9.61. The topological polar surface area (TPSA) is 41.3 Å². The smallest absolute Gasteiger partial charge is 0.0349 e. The van der Waals surface area contributed by atoms with Gasteiger partial charge in [0.2, 0.25) is 0 Å². The van der Waals surface area contributed by atoms with Gasteiger partial charge in [-0.3, -0.25) is 0 Å². The van der Waals surface area contributed by atoms with Crippen molar-refractivity contribution in [3.63, 3.8) is 0 Å². The van der Waals surface area contributed by atoms with Gasteiger partial charge in [-0.1, -0.05) is 60.2 Å². The number of nitrogens with one attached hydrogen (secondary N) is 1. The number of para-hydroxylation sites is 1. The van der Waals surface area contributed by atoms with E-state index in [1.54, 1.807) is 5.57 Å². The molecule has 0 aromatic heterocycles. The summed E-state index contributed by atoms with van der Waals surface area (Å²) in [7, 11) is 0. The molecule has 5 rings (SSSR count). The van der Waals surface area contributed by atoms with Gasteiger partial charge in [0, 0.05) is 43.8 Å². The first-order valence-electron chi connectivity index (χ1n) is 11.8. The van der Waals surface area contributed by atoms with Crippen molar-refractivity contribution in [2.75, 3.05) is 31.9 Å². The average molecular weight is 402 g/mol. The first kappa shape index (κ1) is 19.8. The zero-order valence-electron chi connectivity index (χ0n) is 18.0. The van der Waals surface area contributed by atoms with E-state index in [-0.39, 0.29) is 0 Å². The molecule has 1 saturated heterocycles. The highest BCUT2D eigenvalue weighted by atomic mass is 15.2. The number of hydrogen-bond acceptors (Lipinski definition) is 3. The van der Waals surface area contributed by atoms with Gasteiger partial charge in [0.25, 0.3) is 0 Å². The van der Waals surface area contributed by atoms with Crippen molar-refractivity contribution >= 4 is 5.69 Å². The Hall–Kier alpha value is -2.10. The van der Waals surface area contributed by atoms with Crippen LogP contribution in [0.5, 0.6) is 0 Å². The Balaban J connectivity index is 0.978. The standard InChI is InChI=1S/C27H35N3/c28-26-9-5-4-8-24(26)23-12-10-20(11-13-23)14-15-30-18-21(19-30)17-29-27-16-25(27)22-6-2-1-3-7-22/h1-10,21,23,25,27,29H,11-19,28H2. The minimum Gasteiger partial charge on any atom is -0.398 e. The van der Waals surface area contributed by atoms with E-state index in [0.29, 0.717) is 12.0 Å². The zero-order chi connectivity index (χ0) is 20.3.